The molecule has 15 heavy (non-hydrogen) atoms. The molecule has 90 valence electrons. The number of aryl methyl sites for hydroxylation is 2. The predicted octanol–water partition coefficient (Wildman–Crippen LogP) is 2.07. The van der Waals surface area contributed by atoms with E-state index in [9.17, 15) is 0 Å². The lowest BCUT2D eigenvalue weighted by molar-refractivity contribution is 0.774. The molecule has 0 saturated carbocycles. The number of hydrogen-bond acceptors (Lipinski definition) is 3. The van der Waals surface area contributed by atoms with Crippen LogP contribution in [0.3, 0.4) is 0 Å². The van der Waals surface area contributed by atoms with Gasteiger partial charge in [-0.3, -0.25) is 0 Å². The van der Waals surface area contributed by atoms with Gasteiger partial charge in [-0.05, 0) is 19.4 Å². The van der Waals surface area contributed by atoms with Crippen molar-refractivity contribution >= 4 is 42.9 Å². The zero-order valence-electron chi connectivity index (χ0n) is 8.69. The number of benzene rings is 1. The van der Waals surface area contributed by atoms with Crippen LogP contribution < -0.4 is 17.2 Å². The highest BCUT2D eigenvalue weighted by atomic mass is 35.5. The van der Waals surface area contributed by atoms with Gasteiger partial charge in [-0.1, -0.05) is 17.7 Å². The summed E-state index contributed by atoms with van der Waals surface area (Å²) < 4.78 is 0. The number of nitrogens with two attached hydrogens (primary N) is 3. The van der Waals surface area contributed by atoms with Crippen molar-refractivity contribution in [3.8, 4) is 0 Å². The van der Waals surface area contributed by atoms with Crippen LogP contribution in [0.5, 0.6) is 0 Å². The van der Waals surface area contributed by atoms with Crippen LogP contribution in [0.2, 0.25) is 0 Å². The number of nitrogen functional groups attached to an aromatic ring is 1. The summed E-state index contributed by atoms with van der Waals surface area (Å²) in [5, 5.41) is 0. The summed E-state index contributed by atoms with van der Waals surface area (Å²) in [7, 11) is 0. The van der Waals surface area contributed by atoms with Crippen molar-refractivity contribution in [2.45, 2.75) is 20.0 Å². The second kappa shape index (κ2) is 8.02. The van der Waals surface area contributed by atoms with Crippen molar-refractivity contribution in [3.05, 3.63) is 28.8 Å². The normalized spacial score (nSPS) is 8.60. The summed E-state index contributed by atoms with van der Waals surface area (Å²) in [4.78, 5) is 0. The SMILES string of the molecule is Cc1cc(C)c(N)c(C(N)N)c1.Cl.Cl.Cl. The van der Waals surface area contributed by atoms with E-state index in [2.05, 4.69) is 0 Å². The van der Waals surface area contributed by atoms with Crippen LogP contribution in [0.15, 0.2) is 12.1 Å². The maximum absolute atomic E-state index is 5.79. The summed E-state index contributed by atoms with van der Waals surface area (Å²) in [6, 6.07) is 3.94. The molecule has 6 N–H and O–H groups in total. The van der Waals surface area contributed by atoms with E-state index in [1.807, 2.05) is 26.0 Å². The lowest BCUT2D eigenvalue weighted by Gasteiger charge is -2.12. The fourth-order valence-corrected chi connectivity index (χ4v) is 1.29. The third kappa shape index (κ3) is 4.91. The summed E-state index contributed by atoms with van der Waals surface area (Å²) in [5.74, 6) is 0. The van der Waals surface area contributed by atoms with Gasteiger partial charge in [0, 0.05) is 11.3 Å². The summed E-state index contributed by atoms with van der Waals surface area (Å²) in [5.41, 5.74) is 20.6. The third-order valence-corrected chi connectivity index (χ3v) is 1.92. The highest BCUT2D eigenvalue weighted by Gasteiger charge is 2.06. The first kappa shape index (κ1) is 20.3. The van der Waals surface area contributed by atoms with Crippen LogP contribution in [0.4, 0.5) is 5.69 Å². The van der Waals surface area contributed by atoms with Gasteiger partial charge in [-0.15, -0.1) is 37.2 Å². The summed E-state index contributed by atoms with van der Waals surface area (Å²) in [6.07, 6.45) is -0.483. The highest BCUT2D eigenvalue weighted by molar-refractivity contribution is 5.86. The Morgan fingerprint density at radius 2 is 1.47 bits per heavy atom. The minimum Gasteiger partial charge on any atom is -0.398 e. The highest BCUT2D eigenvalue weighted by Crippen LogP contribution is 2.21. The standard InChI is InChI=1S/C9H15N3.3ClH/c1-5-3-6(2)8(10)7(4-5)9(11)12;;;/h3-4,9H,10-12H2,1-2H3;3*1H. The molecular weight excluding hydrogens is 256 g/mol. The average Bonchev–Trinajstić information content (AvgIpc) is 1.96. The van der Waals surface area contributed by atoms with Gasteiger partial charge in [-0.25, -0.2) is 0 Å². The third-order valence-electron chi connectivity index (χ3n) is 1.92. The van der Waals surface area contributed by atoms with Gasteiger partial charge < -0.3 is 17.2 Å². The van der Waals surface area contributed by atoms with Gasteiger partial charge in [0.05, 0.1) is 6.17 Å². The molecule has 0 unspecified atom stereocenters. The number of hydrogen-bond donors (Lipinski definition) is 3. The van der Waals surface area contributed by atoms with E-state index >= 15 is 0 Å². The quantitative estimate of drug-likeness (QED) is 0.542. The fourth-order valence-electron chi connectivity index (χ4n) is 1.29. The average molecular weight is 275 g/mol. The molecule has 0 radical (unpaired) electrons. The Morgan fingerprint density at radius 3 is 1.87 bits per heavy atom. The molecule has 1 aromatic carbocycles. The molecule has 0 spiro atoms. The molecule has 6 heteroatoms. The van der Waals surface area contributed by atoms with Gasteiger partial charge in [-0.2, -0.15) is 0 Å². The van der Waals surface area contributed by atoms with E-state index < -0.39 is 6.17 Å². The molecule has 0 bridgehead atoms. The minimum absolute atomic E-state index is 0. The Bertz CT molecular complexity index is 303. The molecule has 0 aliphatic rings. The second-order valence-corrected chi connectivity index (χ2v) is 3.11. The molecule has 0 heterocycles. The van der Waals surface area contributed by atoms with Gasteiger partial charge in [0.2, 0.25) is 0 Å². The van der Waals surface area contributed by atoms with Crippen molar-refractivity contribution < 1.29 is 0 Å². The second-order valence-electron chi connectivity index (χ2n) is 3.11. The van der Waals surface area contributed by atoms with Crippen molar-refractivity contribution in [1.82, 2.24) is 0 Å². The number of halogens is 3. The fraction of sp³-hybridized carbons (Fsp3) is 0.333. The van der Waals surface area contributed by atoms with Gasteiger partial charge in [0.25, 0.3) is 0 Å². The zero-order valence-corrected chi connectivity index (χ0v) is 11.1. The number of anilines is 1. The van der Waals surface area contributed by atoms with Crippen LogP contribution in [0.25, 0.3) is 0 Å². The smallest absolute Gasteiger partial charge is 0.0805 e. The largest absolute Gasteiger partial charge is 0.398 e. The topological polar surface area (TPSA) is 78.1 Å². The van der Waals surface area contributed by atoms with E-state index in [-0.39, 0.29) is 37.2 Å². The van der Waals surface area contributed by atoms with Gasteiger partial charge in [0.15, 0.2) is 0 Å². The van der Waals surface area contributed by atoms with Crippen LogP contribution in [-0.4, -0.2) is 0 Å². The molecule has 0 saturated heterocycles. The van der Waals surface area contributed by atoms with Crippen LogP contribution in [0, 0.1) is 13.8 Å². The maximum atomic E-state index is 5.79. The van der Waals surface area contributed by atoms with E-state index in [0.717, 1.165) is 16.7 Å². The molecule has 0 fully saturated rings. The molecule has 0 aliphatic carbocycles. The van der Waals surface area contributed by atoms with Crippen LogP contribution in [-0.2, 0) is 0 Å². The van der Waals surface area contributed by atoms with Crippen LogP contribution >= 0.6 is 37.2 Å². The van der Waals surface area contributed by atoms with Gasteiger partial charge >= 0.3 is 0 Å². The Morgan fingerprint density at radius 1 is 1.00 bits per heavy atom. The van der Waals surface area contributed by atoms with E-state index in [0.29, 0.717) is 5.69 Å². The Kier molecular flexibility index (Phi) is 10.8. The molecule has 0 aliphatic heterocycles. The molecule has 1 aromatic rings. The first-order valence-corrected chi connectivity index (χ1v) is 3.90. The predicted molar refractivity (Wildman–Crippen MR) is 73.2 cm³/mol. The molecule has 1 rings (SSSR count). The molecular formula is C9H18Cl3N3. The van der Waals surface area contributed by atoms with Crippen LogP contribution in [0.1, 0.15) is 22.9 Å². The maximum Gasteiger partial charge on any atom is 0.0805 e. The van der Waals surface area contributed by atoms with Crippen molar-refractivity contribution in [2.75, 3.05) is 5.73 Å². The first-order chi connectivity index (χ1) is 5.52. The lowest BCUT2D eigenvalue weighted by atomic mass is 10.0. The summed E-state index contributed by atoms with van der Waals surface area (Å²) >= 11 is 0. The Balaban J connectivity index is -0.000000480. The molecule has 0 amide bonds. The van der Waals surface area contributed by atoms with E-state index in [4.69, 9.17) is 17.2 Å². The molecule has 0 atom stereocenters. The van der Waals surface area contributed by atoms with Crippen molar-refractivity contribution in [1.29, 1.82) is 0 Å². The Hall–Kier alpha value is -0.190. The molecule has 3 nitrogen and oxygen atoms in total. The monoisotopic (exact) mass is 273 g/mol. The Labute approximate surface area is 109 Å². The van der Waals surface area contributed by atoms with Crippen molar-refractivity contribution in [2.24, 2.45) is 11.5 Å². The lowest BCUT2D eigenvalue weighted by Crippen LogP contribution is -2.21. The van der Waals surface area contributed by atoms with Gasteiger partial charge in [0.1, 0.15) is 0 Å². The first-order valence-electron chi connectivity index (χ1n) is 3.90. The zero-order chi connectivity index (χ0) is 9.30. The molecule has 0 aromatic heterocycles. The van der Waals surface area contributed by atoms with Crippen molar-refractivity contribution in [3.63, 3.8) is 0 Å². The summed E-state index contributed by atoms with van der Waals surface area (Å²) in [6.45, 7) is 3.95. The van der Waals surface area contributed by atoms with E-state index in [1.54, 1.807) is 0 Å². The number of rotatable bonds is 1. The minimum atomic E-state index is -0.483. The van der Waals surface area contributed by atoms with E-state index in [1.165, 1.54) is 0 Å².